The van der Waals surface area contributed by atoms with Crippen LogP contribution in [0, 0.1) is 0 Å². The van der Waals surface area contributed by atoms with Crippen molar-refractivity contribution in [1.82, 2.24) is 0 Å². The van der Waals surface area contributed by atoms with Gasteiger partial charge in [0, 0.05) is 12.8 Å². The lowest BCUT2D eigenvalue weighted by atomic mass is 10.1. The van der Waals surface area contributed by atoms with E-state index in [1.165, 1.54) is 38.5 Å². The number of allylic oxidation sites excluding steroid dienone is 25. The maximum atomic E-state index is 12.8. The molecular weight excluding hydrogens is 901 g/mol. The predicted octanol–water partition coefficient (Wildman–Crippen LogP) is 19.8. The molecule has 0 aromatic carbocycles. The highest BCUT2D eigenvalue weighted by Gasteiger charge is 2.19. The molecule has 1 atom stereocenters. The summed E-state index contributed by atoms with van der Waals surface area (Å²) in [7, 11) is 0. The van der Waals surface area contributed by atoms with Gasteiger partial charge in [-0.25, -0.2) is 0 Å². The Balaban J connectivity index is 4.44. The van der Waals surface area contributed by atoms with Crippen molar-refractivity contribution in [2.45, 2.75) is 232 Å². The Kier molecular flexibility index (Phi) is 55.5. The van der Waals surface area contributed by atoms with Gasteiger partial charge in [0.15, 0.2) is 6.10 Å². The predicted molar refractivity (Wildman–Crippen MR) is 315 cm³/mol. The van der Waals surface area contributed by atoms with E-state index >= 15 is 0 Å². The minimum Gasteiger partial charge on any atom is -0.462 e. The molecular formula is C67H104O6. The smallest absolute Gasteiger partial charge is 0.310 e. The molecule has 0 saturated carbocycles. The third-order valence-electron chi connectivity index (χ3n) is 11.5. The number of carbonyl (C=O) groups is 3. The fraction of sp³-hybridized carbons (Fsp3) is 0.567. The van der Waals surface area contributed by atoms with Crippen LogP contribution in [0.2, 0.25) is 0 Å². The van der Waals surface area contributed by atoms with Crippen LogP contribution in [0.3, 0.4) is 0 Å². The lowest BCUT2D eigenvalue weighted by Gasteiger charge is -2.18. The molecule has 0 spiro atoms. The summed E-state index contributed by atoms with van der Waals surface area (Å²) < 4.78 is 16.7. The molecule has 73 heavy (non-hydrogen) atoms. The Hall–Kier alpha value is -4.97. The highest BCUT2D eigenvalue weighted by molar-refractivity contribution is 5.72. The van der Waals surface area contributed by atoms with Gasteiger partial charge < -0.3 is 14.2 Å². The van der Waals surface area contributed by atoms with Crippen LogP contribution in [0.25, 0.3) is 0 Å². The molecule has 0 fully saturated rings. The Morgan fingerprint density at radius 1 is 0.301 bits per heavy atom. The van der Waals surface area contributed by atoms with Crippen molar-refractivity contribution in [3.8, 4) is 0 Å². The SMILES string of the molecule is CC/C=C\C/C=C\C/C=C\C/C=C\C/C=C\C/C=C\CCCCCCCCCCC(=O)OCC(COC(=O)CCCCCCC/C=C\C/C=C\CCC)OC(=O)C/C=C\C/C=C\C/C=C\C/C=C\C/C=C\CC. The molecule has 0 aliphatic carbocycles. The molecule has 0 aliphatic rings. The molecule has 1 unspecified atom stereocenters. The number of unbranched alkanes of at least 4 members (excludes halogenated alkanes) is 14. The summed E-state index contributed by atoms with van der Waals surface area (Å²) in [5, 5.41) is 0. The van der Waals surface area contributed by atoms with Crippen molar-refractivity contribution in [3.63, 3.8) is 0 Å². The van der Waals surface area contributed by atoms with Crippen molar-refractivity contribution in [3.05, 3.63) is 158 Å². The molecule has 0 saturated heterocycles. The highest BCUT2D eigenvalue weighted by Crippen LogP contribution is 2.13. The summed E-state index contributed by atoms with van der Waals surface area (Å²) in [6, 6.07) is 0. The zero-order valence-electron chi connectivity index (χ0n) is 46.6. The Bertz CT molecular complexity index is 1670. The van der Waals surface area contributed by atoms with Crippen LogP contribution in [0.4, 0.5) is 0 Å². The molecule has 0 rings (SSSR count). The third-order valence-corrected chi connectivity index (χ3v) is 11.5. The van der Waals surface area contributed by atoms with Crippen LogP contribution < -0.4 is 0 Å². The average Bonchev–Trinajstić information content (AvgIpc) is 3.39. The molecule has 0 aromatic heterocycles. The van der Waals surface area contributed by atoms with E-state index in [9.17, 15) is 14.4 Å². The van der Waals surface area contributed by atoms with Crippen LogP contribution in [0.1, 0.15) is 226 Å². The molecule has 0 radical (unpaired) electrons. The molecule has 0 amide bonds. The van der Waals surface area contributed by atoms with Crippen molar-refractivity contribution in [2.75, 3.05) is 13.2 Å². The summed E-state index contributed by atoms with van der Waals surface area (Å²) in [6.07, 6.45) is 86.9. The summed E-state index contributed by atoms with van der Waals surface area (Å²) in [5.41, 5.74) is 0. The molecule has 0 aromatic rings. The van der Waals surface area contributed by atoms with Gasteiger partial charge in [0.25, 0.3) is 0 Å². The molecule has 6 nitrogen and oxygen atoms in total. The van der Waals surface area contributed by atoms with Gasteiger partial charge in [0.05, 0.1) is 6.42 Å². The van der Waals surface area contributed by atoms with Crippen LogP contribution in [-0.4, -0.2) is 37.2 Å². The first-order chi connectivity index (χ1) is 36.0. The van der Waals surface area contributed by atoms with Crippen molar-refractivity contribution in [2.24, 2.45) is 0 Å². The molecule has 0 N–H and O–H groups in total. The molecule has 408 valence electrons. The zero-order chi connectivity index (χ0) is 52.9. The summed E-state index contributed by atoms with van der Waals surface area (Å²) >= 11 is 0. The number of rotatable bonds is 50. The molecule has 0 heterocycles. The van der Waals surface area contributed by atoms with E-state index < -0.39 is 12.1 Å². The van der Waals surface area contributed by atoms with Gasteiger partial charge in [-0.3, -0.25) is 14.4 Å². The van der Waals surface area contributed by atoms with Crippen LogP contribution in [0.5, 0.6) is 0 Å². The van der Waals surface area contributed by atoms with E-state index in [0.717, 1.165) is 141 Å². The van der Waals surface area contributed by atoms with E-state index in [2.05, 4.69) is 167 Å². The lowest BCUT2D eigenvalue weighted by Crippen LogP contribution is -2.30. The monoisotopic (exact) mass is 1000 g/mol. The van der Waals surface area contributed by atoms with E-state index in [4.69, 9.17) is 14.2 Å². The largest absolute Gasteiger partial charge is 0.462 e. The maximum Gasteiger partial charge on any atom is 0.310 e. The van der Waals surface area contributed by atoms with Gasteiger partial charge in [-0.2, -0.15) is 0 Å². The van der Waals surface area contributed by atoms with Gasteiger partial charge in [0.2, 0.25) is 0 Å². The molecule has 0 aliphatic heterocycles. The lowest BCUT2D eigenvalue weighted by molar-refractivity contribution is -0.166. The van der Waals surface area contributed by atoms with Crippen molar-refractivity contribution >= 4 is 17.9 Å². The van der Waals surface area contributed by atoms with E-state index in [-0.39, 0.29) is 31.6 Å². The van der Waals surface area contributed by atoms with E-state index in [1.54, 1.807) is 6.08 Å². The summed E-state index contributed by atoms with van der Waals surface area (Å²) in [4.78, 5) is 38.1. The van der Waals surface area contributed by atoms with Crippen LogP contribution >= 0.6 is 0 Å². The minimum absolute atomic E-state index is 0.0845. The summed E-state index contributed by atoms with van der Waals surface area (Å²) in [5.74, 6) is -1.09. The number of hydrogen-bond acceptors (Lipinski definition) is 6. The van der Waals surface area contributed by atoms with Gasteiger partial charge in [-0.15, -0.1) is 0 Å². The Morgan fingerprint density at radius 3 is 0.904 bits per heavy atom. The normalized spacial score (nSPS) is 13.3. The molecule has 6 heteroatoms. The van der Waals surface area contributed by atoms with Crippen LogP contribution in [-0.2, 0) is 28.6 Å². The van der Waals surface area contributed by atoms with Crippen molar-refractivity contribution < 1.29 is 28.6 Å². The van der Waals surface area contributed by atoms with E-state index in [0.29, 0.717) is 19.3 Å². The average molecular weight is 1010 g/mol. The van der Waals surface area contributed by atoms with Gasteiger partial charge in [0.1, 0.15) is 13.2 Å². The summed E-state index contributed by atoms with van der Waals surface area (Å²) in [6.45, 7) is 6.22. The van der Waals surface area contributed by atoms with Gasteiger partial charge in [-0.1, -0.05) is 243 Å². The number of ether oxygens (including phenoxy) is 3. The first-order valence-electron chi connectivity index (χ1n) is 29.0. The zero-order valence-corrected chi connectivity index (χ0v) is 46.6. The van der Waals surface area contributed by atoms with Crippen LogP contribution in [0.15, 0.2) is 158 Å². The maximum absolute atomic E-state index is 12.8. The Morgan fingerprint density at radius 2 is 0.575 bits per heavy atom. The van der Waals surface area contributed by atoms with Gasteiger partial charge in [-0.05, 0) is 122 Å². The number of carbonyl (C=O) groups excluding carboxylic acids is 3. The fourth-order valence-electron chi connectivity index (χ4n) is 7.26. The first kappa shape index (κ1) is 68.0. The second-order valence-electron chi connectivity index (χ2n) is 18.4. The molecule has 0 bridgehead atoms. The van der Waals surface area contributed by atoms with Gasteiger partial charge >= 0.3 is 17.9 Å². The topological polar surface area (TPSA) is 78.9 Å². The Labute approximate surface area is 448 Å². The highest BCUT2D eigenvalue weighted by atomic mass is 16.6. The third kappa shape index (κ3) is 57.8. The minimum atomic E-state index is -0.849. The standard InChI is InChI=1S/C67H104O6/c1-4-7-10-13-16-19-22-25-27-28-29-30-31-32-33-34-35-36-37-38-40-42-45-48-51-54-57-60-66(69)72-63-64(62-71-65(68)59-56-53-50-47-44-41-24-21-18-15-12-9-6-3)73-67(70)61-58-55-52-49-46-43-39-26-23-20-17-14-11-8-5-2/h7-8,10-12,15-17,19-21,24-27,29-30,32-33,35-36,39,46,49,55,58,64H,4-6,9,13-14,18,22-23,28,31,34,37-38,40-45,47-48,50-54,56-57,59-63H2,1-3H3/b10-7-,11-8-,15-12-,19-16-,20-17-,24-21-,27-25-,30-29-,33-32-,36-35-,39-26-,49-46-,58-55-. The second-order valence-corrected chi connectivity index (χ2v) is 18.4. The second kappa shape index (κ2) is 59.6. The fourth-order valence-corrected chi connectivity index (χ4v) is 7.26. The first-order valence-corrected chi connectivity index (χ1v) is 29.0. The quantitative estimate of drug-likeness (QED) is 0.0261. The van der Waals surface area contributed by atoms with Crippen molar-refractivity contribution in [1.29, 1.82) is 0 Å². The number of esters is 3. The number of hydrogen-bond donors (Lipinski definition) is 0. The van der Waals surface area contributed by atoms with E-state index in [1.807, 2.05) is 6.08 Å².